The Kier molecular flexibility index (Phi) is 4.90. The number of fused-ring (bicyclic) bond motifs is 1. The summed E-state index contributed by atoms with van der Waals surface area (Å²) in [5.41, 5.74) is 1.94. The molecule has 1 aromatic carbocycles. The van der Waals surface area contributed by atoms with Crippen molar-refractivity contribution in [2.75, 3.05) is 29.9 Å². The van der Waals surface area contributed by atoms with Crippen LogP contribution in [0.1, 0.15) is 18.9 Å². The molecule has 1 aliphatic heterocycles. The summed E-state index contributed by atoms with van der Waals surface area (Å²) in [4.78, 5) is 0.157. The lowest BCUT2D eigenvalue weighted by molar-refractivity contribution is 0.581. The van der Waals surface area contributed by atoms with Gasteiger partial charge in [-0.15, -0.1) is 0 Å². The molecule has 0 spiro atoms. The predicted octanol–water partition coefficient (Wildman–Crippen LogP) is 0.758. The molecule has 1 aromatic rings. The van der Waals surface area contributed by atoms with Gasteiger partial charge in [0.05, 0.1) is 10.6 Å². The molecular formula is C13H20N2O4S2. The van der Waals surface area contributed by atoms with E-state index in [1.54, 1.807) is 25.1 Å². The van der Waals surface area contributed by atoms with Gasteiger partial charge in [0.25, 0.3) is 0 Å². The zero-order chi connectivity index (χ0) is 15.5. The quantitative estimate of drug-likeness (QED) is 0.802. The van der Waals surface area contributed by atoms with Crippen LogP contribution >= 0.6 is 0 Å². The van der Waals surface area contributed by atoms with E-state index in [2.05, 4.69) is 10.0 Å². The number of anilines is 1. The van der Waals surface area contributed by atoms with Crippen LogP contribution in [0.15, 0.2) is 23.1 Å². The molecule has 0 bridgehead atoms. The number of benzene rings is 1. The van der Waals surface area contributed by atoms with E-state index in [9.17, 15) is 16.8 Å². The summed E-state index contributed by atoms with van der Waals surface area (Å²) in [5.74, 6) is -0.177. The SMILES string of the molecule is CCS(=O)(=O)CCNS(=O)(=O)c1ccc2c(c1)NCCC2. The molecule has 1 heterocycles. The molecule has 0 unspecified atom stereocenters. The highest BCUT2D eigenvalue weighted by molar-refractivity contribution is 7.91. The monoisotopic (exact) mass is 332 g/mol. The van der Waals surface area contributed by atoms with Crippen LogP contribution in [0.25, 0.3) is 0 Å². The smallest absolute Gasteiger partial charge is 0.240 e. The van der Waals surface area contributed by atoms with Gasteiger partial charge >= 0.3 is 0 Å². The largest absolute Gasteiger partial charge is 0.385 e. The molecule has 0 fully saturated rings. The number of sulfone groups is 1. The molecule has 6 nitrogen and oxygen atoms in total. The van der Waals surface area contributed by atoms with Crippen LogP contribution in [0, 0.1) is 0 Å². The van der Waals surface area contributed by atoms with Crippen molar-refractivity contribution in [1.29, 1.82) is 0 Å². The maximum absolute atomic E-state index is 12.2. The first-order valence-corrected chi connectivity index (χ1v) is 10.2. The predicted molar refractivity (Wildman–Crippen MR) is 82.8 cm³/mol. The van der Waals surface area contributed by atoms with Crippen LogP contribution < -0.4 is 10.0 Å². The van der Waals surface area contributed by atoms with Crippen LogP contribution in [-0.4, -0.2) is 41.4 Å². The second-order valence-electron chi connectivity index (χ2n) is 4.98. The molecule has 118 valence electrons. The molecule has 0 radical (unpaired) electrons. The minimum Gasteiger partial charge on any atom is -0.385 e. The maximum Gasteiger partial charge on any atom is 0.240 e. The fraction of sp³-hybridized carbons (Fsp3) is 0.538. The van der Waals surface area contributed by atoms with E-state index in [-0.39, 0.29) is 22.9 Å². The Morgan fingerprint density at radius 2 is 2.00 bits per heavy atom. The molecule has 0 amide bonds. The van der Waals surface area contributed by atoms with Gasteiger partial charge in [-0.1, -0.05) is 13.0 Å². The van der Waals surface area contributed by atoms with E-state index in [0.717, 1.165) is 30.6 Å². The van der Waals surface area contributed by atoms with Crippen molar-refractivity contribution >= 4 is 25.5 Å². The third kappa shape index (κ3) is 4.18. The van der Waals surface area contributed by atoms with E-state index in [4.69, 9.17) is 0 Å². The van der Waals surface area contributed by atoms with Gasteiger partial charge < -0.3 is 5.32 Å². The van der Waals surface area contributed by atoms with Crippen molar-refractivity contribution in [3.8, 4) is 0 Å². The van der Waals surface area contributed by atoms with Gasteiger partial charge in [-0.3, -0.25) is 0 Å². The zero-order valence-electron chi connectivity index (χ0n) is 11.9. The van der Waals surface area contributed by atoms with E-state index < -0.39 is 19.9 Å². The standard InChI is InChI=1S/C13H20N2O4S2/c1-2-20(16,17)9-8-15-21(18,19)12-6-5-11-4-3-7-14-13(11)10-12/h5-6,10,14-15H,2-4,7-9H2,1H3. The molecule has 21 heavy (non-hydrogen) atoms. The highest BCUT2D eigenvalue weighted by Gasteiger charge is 2.18. The van der Waals surface area contributed by atoms with E-state index in [0.29, 0.717) is 0 Å². The summed E-state index contributed by atoms with van der Waals surface area (Å²) in [5, 5.41) is 3.18. The lowest BCUT2D eigenvalue weighted by Gasteiger charge is -2.18. The van der Waals surface area contributed by atoms with Gasteiger partial charge in [0.2, 0.25) is 10.0 Å². The van der Waals surface area contributed by atoms with Crippen molar-refractivity contribution in [2.45, 2.75) is 24.7 Å². The molecule has 0 aromatic heterocycles. The van der Waals surface area contributed by atoms with Crippen molar-refractivity contribution in [2.24, 2.45) is 0 Å². The number of hydrogen-bond acceptors (Lipinski definition) is 5. The minimum absolute atomic E-state index is 0.0114. The van der Waals surface area contributed by atoms with Crippen molar-refractivity contribution in [3.63, 3.8) is 0 Å². The average Bonchev–Trinajstić information content (AvgIpc) is 2.46. The van der Waals surface area contributed by atoms with Gasteiger partial charge in [-0.2, -0.15) is 0 Å². The van der Waals surface area contributed by atoms with E-state index in [1.807, 2.05) is 0 Å². The molecule has 0 atom stereocenters. The normalized spacial score (nSPS) is 15.3. The van der Waals surface area contributed by atoms with Gasteiger partial charge in [-0.05, 0) is 30.5 Å². The Balaban J connectivity index is 2.09. The zero-order valence-corrected chi connectivity index (χ0v) is 13.6. The second-order valence-corrected chi connectivity index (χ2v) is 9.22. The van der Waals surface area contributed by atoms with E-state index >= 15 is 0 Å². The molecule has 1 aliphatic rings. The van der Waals surface area contributed by atoms with E-state index in [1.165, 1.54) is 0 Å². The summed E-state index contributed by atoms with van der Waals surface area (Å²) in [6.07, 6.45) is 1.97. The summed E-state index contributed by atoms with van der Waals surface area (Å²) < 4.78 is 49.4. The Labute approximate surface area is 125 Å². The fourth-order valence-electron chi connectivity index (χ4n) is 2.17. The molecule has 2 rings (SSSR count). The number of aryl methyl sites for hydroxylation is 1. The summed E-state index contributed by atoms with van der Waals surface area (Å²) in [7, 11) is -6.86. The summed E-state index contributed by atoms with van der Waals surface area (Å²) >= 11 is 0. The Morgan fingerprint density at radius 3 is 2.71 bits per heavy atom. The first-order valence-electron chi connectivity index (χ1n) is 6.91. The Hall–Kier alpha value is -1.12. The minimum atomic E-state index is -3.68. The highest BCUT2D eigenvalue weighted by Crippen LogP contribution is 2.24. The van der Waals surface area contributed by atoms with Crippen LogP contribution in [0.3, 0.4) is 0 Å². The van der Waals surface area contributed by atoms with Crippen LogP contribution in [0.5, 0.6) is 0 Å². The fourth-order valence-corrected chi connectivity index (χ4v) is 4.05. The first kappa shape index (κ1) is 16.3. The van der Waals surface area contributed by atoms with Crippen LogP contribution in [-0.2, 0) is 26.3 Å². The molecule has 0 saturated heterocycles. The Morgan fingerprint density at radius 1 is 1.24 bits per heavy atom. The van der Waals surface area contributed by atoms with Crippen LogP contribution in [0.4, 0.5) is 5.69 Å². The second kappa shape index (κ2) is 6.33. The van der Waals surface area contributed by atoms with Crippen molar-refractivity contribution < 1.29 is 16.8 Å². The topological polar surface area (TPSA) is 92.3 Å². The molecular weight excluding hydrogens is 312 g/mol. The average molecular weight is 332 g/mol. The third-order valence-electron chi connectivity index (χ3n) is 3.47. The van der Waals surface area contributed by atoms with Crippen LogP contribution in [0.2, 0.25) is 0 Å². The third-order valence-corrected chi connectivity index (χ3v) is 6.64. The van der Waals surface area contributed by atoms with Gasteiger partial charge in [-0.25, -0.2) is 21.6 Å². The van der Waals surface area contributed by atoms with Gasteiger partial charge in [0.15, 0.2) is 9.84 Å². The lowest BCUT2D eigenvalue weighted by atomic mass is 10.0. The number of hydrogen-bond donors (Lipinski definition) is 2. The molecule has 2 N–H and O–H groups in total. The summed E-state index contributed by atoms with van der Waals surface area (Å²) in [6, 6.07) is 4.96. The molecule has 8 heteroatoms. The summed E-state index contributed by atoms with van der Waals surface area (Å²) in [6.45, 7) is 2.26. The molecule has 0 saturated carbocycles. The first-order chi connectivity index (χ1) is 9.84. The Bertz CT molecular complexity index is 712. The molecule has 0 aliphatic carbocycles. The number of rotatable bonds is 6. The van der Waals surface area contributed by atoms with Crippen molar-refractivity contribution in [1.82, 2.24) is 4.72 Å². The van der Waals surface area contributed by atoms with Gasteiger partial charge in [0.1, 0.15) is 0 Å². The lowest BCUT2D eigenvalue weighted by Crippen LogP contribution is -2.30. The maximum atomic E-state index is 12.2. The number of nitrogens with one attached hydrogen (secondary N) is 2. The van der Waals surface area contributed by atoms with Crippen molar-refractivity contribution in [3.05, 3.63) is 23.8 Å². The van der Waals surface area contributed by atoms with Gasteiger partial charge in [0, 0.05) is 24.5 Å². The number of sulfonamides is 1. The highest BCUT2D eigenvalue weighted by atomic mass is 32.2.